The zero-order valence-electron chi connectivity index (χ0n) is 20.1. The number of anilines is 1. The maximum atomic E-state index is 15.0. The van der Waals surface area contributed by atoms with Crippen molar-refractivity contribution in [3.63, 3.8) is 0 Å². The third-order valence-corrected chi connectivity index (χ3v) is 7.38. The molecule has 0 aliphatic carbocycles. The molecule has 0 saturated carbocycles. The SMILES string of the molecule is CCCC1(F)CN(c2nc(SCC3COC3)c(C#N)c(-c3ccc(OCCOC)cc3)c2C#N)C1. The molecule has 2 saturated heterocycles. The second-order valence-corrected chi connectivity index (χ2v) is 9.93. The first kappa shape index (κ1) is 25.2. The van der Waals surface area contributed by atoms with Gasteiger partial charge in [-0.15, -0.1) is 11.8 Å². The van der Waals surface area contributed by atoms with E-state index in [2.05, 4.69) is 12.1 Å². The predicted octanol–water partition coefficient (Wildman–Crippen LogP) is 4.58. The molecule has 0 radical (unpaired) electrons. The van der Waals surface area contributed by atoms with Gasteiger partial charge in [-0.25, -0.2) is 9.37 Å². The number of aromatic nitrogens is 1. The van der Waals surface area contributed by atoms with Gasteiger partial charge in [0.2, 0.25) is 0 Å². The van der Waals surface area contributed by atoms with Crippen LogP contribution in [0, 0.1) is 28.6 Å². The molecule has 0 unspecified atom stereocenters. The first-order valence-corrected chi connectivity index (χ1v) is 12.7. The summed E-state index contributed by atoms with van der Waals surface area (Å²) in [5, 5.41) is 20.8. The number of rotatable bonds is 11. The summed E-state index contributed by atoms with van der Waals surface area (Å²) in [5.74, 6) is 2.29. The maximum Gasteiger partial charge on any atom is 0.148 e. The van der Waals surface area contributed by atoms with Gasteiger partial charge in [-0.1, -0.05) is 25.5 Å². The minimum Gasteiger partial charge on any atom is -0.491 e. The highest BCUT2D eigenvalue weighted by molar-refractivity contribution is 7.99. The van der Waals surface area contributed by atoms with E-state index in [-0.39, 0.29) is 13.1 Å². The van der Waals surface area contributed by atoms with Crippen molar-refractivity contribution < 1.29 is 18.6 Å². The molecule has 0 atom stereocenters. The lowest BCUT2D eigenvalue weighted by molar-refractivity contribution is -0.0196. The van der Waals surface area contributed by atoms with Crippen molar-refractivity contribution in [1.29, 1.82) is 10.5 Å². The first-order valence-electron chi connectivity index (χ1n) is 11.8. The summed E-state index contributed by atoms with van der Waals surface area (Å²) in [6, 6.07) is 11.8. The molecular formula is C26H29FN4O3S. The van der Waals surface area contributed by atoms with Gasteiger partial charge in [-0.2, -0.15) is 10.5 Å². The molecule has 9 heteroatoms. The molecule has 2 aliphatic heterocycles. The number of nitrogens with zero attached hydrogens (tertiary/aromatic N) is 4. The molecule has 2 aromatic rings. The second kappa shape index (κ2) is 11.3. The number of methoxy groups -OCH3 is 1. The van der Waals surface area contributed by atoms with E-state index in [1.54, 1.807) is 7.11 Å². The van der Waals surface area contributed by atoms with Crippen molar-refractivity contribution in [2.24, 2.45) is 5.92 Å². The normalized spacial score (nSPS) is 16.7. The number of ether oxygens (including phenoxy) is 3. The molecule has 0 amide bonds. The lowest BCUT2D eigenvalue weighted by atomic mass is 9.89. The maximum absolute atomic E-state index is 15.0. The standard InChI is InChI=1S/C26H29FN4O3S/c1-3-8-26(27)16-31(17-26)24-21(11-28)23(19-4-6-20(7-5-19)34-10-9-32-2)22(12-29)25(30-24)35-15-18-13-33-14-18/h4-7,18H,3,8-10,13-17H2,1-2H3. The van der Waals surface area contributed by atoms with E-state index in [0.717, 1.165) is 17.7 Å². The number of halogens is 1. The van der Waals surface area contributed by atoms with Gasteiger partial charge in [0.05, 0.1) is 38.5 Å². The third kappa shape index (κ3) is 5.54. The van der Waals surface area contributed by atoms with E-state index in [0.29, 0.717) is 72.0 Å². The predicted molar refractivity (Wildman–Crippen MR) is 132 cm³/mol. The molecule has 1 aromatic carbocycles. The Morgan fingerprint density at radius 1 is 1.17 bits per heavy atom. The Hall–Kier alpha value is -2.85. The van der Waals surface area contributed by atoms with Crippen molar-refractivity contribution in [1.82, 2.24) is 4.98 Å². The lowest BCUT2D eigenvalue weighted by Gasteiger charge is -2.45. The van der Waals surface area contributed by atoms with E-state index >= 15 is 0 Å². The van der Waals surface area contributed by atoms with E-state index in [4.69, 9.17) is 19.2 Å². The van der Waals surface area contributed by atoms with Crippen LogP contribution < -0.4 is 9.64 Å². The van der Waals surface area contributed by atoms with E-state index in [9.17, 15) is 14.9 Å². The summed E-state index contributed by atoms with van der Waals surface area (Å²) in [6.45, 7) is 4.65. The molecule has 2 fully saturated rings. The average Bonchev–Trinajstić information content (AvgIpc) is 2.81. The smallest absolute Gasteiger partial charge is 0.148 e. The number of hydrogen-bond donors (Lipinski definition) is 0. The summed E-state index contributed by atoms with van der Waals surface area (Å²) in [4.78, 5) is 6.56. The Labute approximate surface area is 209 Å². The van der Waals surface area contributed by atoms with Gasteiger partial charge in [-0.05, 0) is 24.1 Å². The summed E-state index contributed by atoms with van der Waals surface area (Å²) in [5.41, 5.74) is 0.640. The highest BCUT2D eigenvalue weighted by atomic mass is 32.2. The van der Waals surface area contributed by atoms with Gasteiger partial charge >= 0.3 is 0 Å². The van der Waals surface area contributed by atoms with Crippen molar-refractivity contribution in [2.75, 3.05) is 57.3 Å². The van der Waals surface area contributed by atoms with Crippen LogP contribution in [-0.4, -0.2) is 63.0 Å². The van der Waals surface area contributed by atoms with Crippen LogP contribution in [0.15, 0.2) is 29.3 Å². The van der Waals surface area contributed by atoms with Crippen LogP contribution in [0.2, 0.25) is 0 Å². The molecule has 0 spiro atoms. The molecule has 0 N–H and O–H groups in total. The van der Waals surface area contributed by atoms with Gasteiger partial charge in [0, 0.05) is 24.3 Å². The highest BCUT2D eigenvalue weighted by Crippen LogP contribution is 2.42. The van der Waals surface area contributed by atoms with Gasteiger partial charge < -0.3 is 19.1 Å². The molecule has 0 bridgehead atoms. The molecule has 3 heterocycles. The molecule has 35 heavy (non-hydrogen) atoms. The van der Waals surface area contributed by atoms with Crippen molar-refractivity contribution in [3.05, 3.63) is 35.4 Å². The summed E-state index contributed by atoms with van der Waals surface area (Å²) in [7, 11) is 1.61. The Morgan fingerprint density at radius 2 is 1.89 bits per heavy atom. The van der Waals surface area contributed by atoms with Crippen molar-refractivity contribution >= 4 is 17.6 Å². The van der Waals surface area contributed by atoms with Crippen molar-refractivity contribution in [2.45, 2.75) is 30.5 Å². The van der Waals surface area contributed by atoms with E-state index in [1.807, 2.05) is 36.1 Å². The van der Waals surface area contributed by atoms with Gasteiger partial charge in [-0.3, -0.25) is 0 Å². The van der Waals surface area contributed by atoms with Crippen LogP contribution in [0.1, 0.15) is 30.9 Å². The Kier molecular flexibility index (Phi) is 8.12. The summed E-state index contributed by atoms with van der Waals surface area (Å²) < 4.78 is 30.9. The van der Waals surface area contributed by atoms with Crippen LogP contribution >= 0.6 is 11.8 Å². The fourth-order valence-corrected chi connectivity index (χ4v) is 5.34. The summed E-state index contributed by atoms with van der Waals surface area (Å²) >= 11 is 1.49. The second-order valence-electron chi connectivity index (χ2n) is 8.93. The molecule has 1 aromatic heterocycles. The number of thioether (sulfide) groups is 1. The molecule has 2 aliphatic rings. The Bertz CT molecular complexity index is 1120. The fraction of sp³-hybridized carbons (Fsp3) is 0.500. The minimum absolute atomic E-state index is 0.195. The fourth-order valence-electron chi connectivity index (χ4n) is 4.32. The average molecular weight is 497 g/mol. The summed E-state index contributed by atoms with van der Waals surface area (Å²) in [6.07, 6.45) is 1.23. The molecular weight excluding hydrogens is 467 g/mol. The van der Waals surface area contributed by atoms with Crippen LogP contribution in [0.25, 0.3) is 11.1 Å². The quantitative estimate of drug-likeness (QED) is 0.330. The Balaban J connectivity index is 1.73. The number of nitriles is 2. The molecule has 7 nitrogen and oxygen atoms in total. The molecule has 184 valence electrons. The number of pyridine rings is 1. The van der Waals surface area contributed by atoms with Crippen LogP contribution in [0.5, 0.6) is 5.75 Å². The van der Waals surface area contributed by atoms with Gasteiger partial charge in [0.1, 0.15) is 46.6 Å². The lowest BCUT2D eigenvalue weighted by Crippen LogP contribution is -2.59. The topological polar surface area (TPSA) is 91.4 Å². The van der Waals surface area contributed by atoms with E-state index in [1.165, 1.54) is 11.8 Å². The monoisotopic (exact) mass is 496 g/mol. The van der Waals surface area contributed by atoms with Gasteiger partial charge in [0.15, 0.2) is 0 Å². The highest BCUT2D eigenvalue weighted by Gasteiger charge is 2.44. The first-order chi connectivity index (χ1) is 17.0. The number of hydrogen-bond acceptors (Lipinski definition) is 8. The van der Waals surface area contributed by atoms with E-state index < -0.39 is 5.67 Å². The van der Waals surface area contributed by atoms with Crippen LogP contribution in [0.4, 0.5) is 10.2 Å². The largest absolute Gasteiger partial charge is 0.491 e. The number of benzene rings is 1. The Morgan fingerprint density at radius 3 is 2.46 bits per heavy atom. The van der Waals surface area contributed by atoms with Crippen LogP contribution in [0.3, 0.4) is 0 Å². The zero-order valence-corrected chi connectivity index (χ0v) is 20.9. The van der Waals surface area contributed by atoms with Crippen molar-refractivity contribution in [3.8, 4) is 29.0 Å². The zero-order chi connectivity index (χ0) is 24.8. The number of alkyl halides is 1. The third-order valence-electron chi connectivity index (χ3n) is 6.18. The van der Waals surface area contributed by atoms with Gasteiger partial charge in [0.25, 0.3) is 0 Å². The molecule has 4 rings (SSSR count). The van der Waals surface area contributed by atoms with Crippen LogP contribution in [-0.2, 0) is 9.47 Å². The minimum atomic E-state index is -1.27.